The molecule has 1 heterocycles. The minimum absolute atomic E-state index is 0.0395. The summed E-state index contributed by atoms with van der Waals surface area (Å²) in [4.78, 5) is 0. The third-order valence-corrected chi connectivity index (χ3v) is 13.4. The maximum absolute atomic E-state index is 7.29. The van der Waals surface area contributed by atoms with Crippen LogP contribution < -0.4 is 0 Å². The van der Waals surface area contributed by atoms with E-state index in [1.165, 1.54) is 51.4 Å². The summed E-state index contributed by atoms with van der Waals surface area (Å²) in [6.07, 6.45) is 11.1. The lowest BCUT2D eigenvalue weighted by molar-refractivity contribution is -0.159. The van der Waals surface area contributed by atoms with Gasteiger partial charge in [-0.15, -0.1) is 0 Å². The molecule has 0 bridgehead atoms. The number of ether oxygens (including phenoxy) is 2. The third kappa shape index (κ3) is 2.61. The first kappa shape index (κ1) is 21.2. The van der Waals surface area contributed by atoms with Crippen molar-refractivity contribution in [3.8, 4) is 0 Å². The Morgan fingerprint density at radius 3 is 2.00 bits per heavy atom. The molecule has 2 nitrogen and oxygen atoms in total. The van der Waals surface area contributed by atoms with Gasteiger partial charge in [0.25, 0.3) is 0 Å². The number of hydrogen-bond donors (Lipinski definition) is 0. The van der Waals surface area contributed by atoms with Crippen LogP contribution in [0.3, 0.4) is 0 Å². The van der Waals surface area contributed by atoms with Gasteiger partial charge in [-0.05, 0) is 109 Å². The van der Waals surface area contributed by atoms with E-state index in [4.69, 9.17) is 9.47 Å². The summed E-state index contributed by atoms with van der Waals surface area (Å²) in [6.45, 7) is 16.2. The van der Waals surface area contributed by atoms with Crippen LogP contribution in [-0.2, 0) is 9.47 Å². The van der Waals surface area contributed by atoms with Crippen molar-refractivity contribution in [1.82, 2.24) is 0 Å². The minimum atomic E-state index is 0.0395. The van der Waals surface area contributed by atoms with Gasteiger partial charge in [0.05, 0.1) is 12.2 Å². The van der Waals surface area contributed by atoms with Gasteiger partial charge in [0.1, 0.15) is 0 Å². The molecule has 7 fully saturated rings. The molecule has 7 aliphatic rings. The first-order valence-corrected chi connectivity index (χ1v) is 14.5. The molecule has 180 valence electrons. The third-order valence-electron chi connectivity index (χ3n) is 13.4. The maximum atomic E-state index is 7.29. The van der Waals surface area contributed by atoms with E-state index in [0.717, 1.165) is 65.8 Å². The molecule has 0 radical (unpaired) electrons. The van der Waals surface area contributed by atoms with Crippen molar-refractivity contribution in [2.75, 3.05) is 6.61 Å². The molecule has 0 aromatic carbocycles. The van der Waals surface area contributed by atoms with Crippen molar-refractivity contribution < 1.29 is 9.47 Å². The zero-order valence-electron chi connectivity index (χ0n) is 21.6. The van der Waals surface area contributed by atoms with Crippen LogP contribution in [-0.4, -0.2) is 18.5 Å². The molecule has 1 aliphatic heterocycles. The van der Waals surface area contributed by atoms with E-state index in [1.807, 2.05) is 0 Å². The second-order valence-electron chi connectivity index (χ2n) is 15.1. The molecule has 1 spiro atoms. The smallest absolute Gasteiger partial charge is 0.161 e. The highest BCUT2D eigenvalue weighted by atomic mass is 16.7. The molecule has 32 heavy (non-hydrogen) atoms. The second kappa shape index (κ2) is 6.57. The zero-order chi connectivity index (χ0) is 22.2. The van der Waals surface area contributed by atoms with Crippen LogP contribution in [0, 0.1) is 75.9 Å². The van der Waals surface area contributed by atoms with Gasteiger partial charge >= 0.3 is 0 Å². The minimum Gasteiger partial charge on any atom is -0.349 e. The summed E-state index contributed by atoms with van der Waals surface area (Å²) in [6, 6.07) is 0. The van der Waals surface area contributed by atoms with Crippen LogP contribution in [0.5, 0.6) is 0 Å². The Morgan fingerprint density at radius 2 is 1.22 bits per heavy atom. The van der Waals surface area contributed by atoms with Gasteiger partial charge < -0.3 is 9.47 Å². The summed E-state index contributed by atoms with van der Waals surface area (Å²) in [5.41, 5.74) is 1.20. The first-order chi connectivity index (χ1) is 15.2. The predicted molar refractivity (Wildman–Crippen MR) is 128 cm³/mol. The van der Waals surface area contributed by atoms with Crippen molar-refractivity contribution in [3.63, 3.8) is 0 Å². The van der Waals surface area contributed by atoms with E-state index in [0.29, 0.717) is 16.7 Å². The Labute approximate surface area is 197 Å². The highest BCUT2D eigenvalue weighted by Gasteiger charge is 2.70. The Bertz CT molecular complexity index is 786. The molecule has 6 saturated carbocycles. The van der Waals surface area contributed by atoms with E-state index in [1.54, 1.807) is 0 Å². The lowest BCUT2D eigenvalue weighted by Gasteiger charge is -2.39. The SMILES string of the molecule is C[C@@H]1CC[C@@H]2[C@@H]([C@@H]3OC[C@@]4(CC[C@@H]5[C@H]([C@@H]6[C@H](C)CC[C@@H]64)C5(C)C)O3)CC[C@@H]3[C@H]([C@@H]21)C3(C)C. The zero-order valence-corrected chi connectivity index (χ0v) is 21.6. The summed E-state index contributed by atoms with van der Waals surface area (Å²) in [5.74, 6) is 9.63. The van der Waals surface area contributed by atoms with Gasteiger partial charge in [-0.25, -0.2) is 0 Å². The normalized spacial score (nSPS) is 61.3. The van der Waals surface area contributed by atoms with Gasteiger partial charge in [-0.2, -0.15) is 0 Å². The molecular formula is C30H48O2. The molecule has 1 saturated heterocycles. The van der Waals surface area contributed by atoms with Crippen molar-refractivity contribution in [2.45, 2.75) is 105 Å². The summed E-state index contributed by atoms with van der Waals surface area (Å²) >= 11 is 0. The van der Waals surface area contributed by atoms with Gasteiger partial charge in [0, 0.05) is 5.92 Å². The van der Waals surface area contributed by atoms with E-state index < -0.39 is 0 Å². The number of hydrogen-bond acceptors (Lipinski definition) is 2. The summed E-state index contributed by atoms with van der Waals surface area (Å²) in [5, 5.41) is 0. The predicted octanol–water partition coefficient (Wildman–Crippen LogP) is 7.17. The number of fused-ring (bicyclic) bond motifs is 7. The van der Waals surface area contributed by atoms with Crippen LogP contribution >= 0.6 is 0 Å². The molecule has 13 atom stereocenters. The Balaban J connectivity index is 1.15. The van der Waals surface area contributed by atoms with Crippen molar-refractivity contribution in [3.05, 3.63) is 0 Å². The van der Waals surface area contributed by atoms with E-state index in [2.05, 4.69) is 41.5 Å². The summed E-state index contributed by atoms with van der Waals surface area (Å²) in [7, 11) is 0. The fraction of sp³-hybridized carbons (Fsp3) is 1.00. The van der Waals surface area contributed by atoms with Crippen LogP contribution in [0.4, 0.5) is 0 Å². The van der Waals surface area contributed by atoms with Gasteiger partial charge in [0.2, 0.25) is 0 Å². The van der Waals surface area contributed by atoms with E-state index in [9.17, 15) is 0 Å². The van der Waals surface area contributed by atoms with E-state index >= 15 is 0 Å². The van der Waals surface area contributed by atoms with Gasteiger partial charge in [-0.1, -0.05) is 54.4 Å². The second-order valence-corrected chi connectivity index (χ2v) is 15.1. The van der Waals surface area contributed by atoms with Crippen LogP contribution in [0.1, 0.15) is 92.9 Å². The highest BCUT2D eigenvalue weighted by Crippen LogP contribution is 2.73. The molecule has 0 N–H and O–H groups in total. The van der Waals surface area contributed by atoms with Crippen LogP contribution in [0.25, 0.3) is 0 Å². The average molecular weight is 441 g/mol. The molecule has 0 aromatic heterocycles. The largest absolute Gasteiger partial charge is 0.349 e. The van der Waals surface area contributed by atoms with Crippen LogP contribution in [0.15, 0.2) is 0 Å². The van der Waals surface area contributed by atoms with Crippen molar-refractivity contribution in [1.29, 1.82) is 0 Å². The quantitative estimate of drug-likeness (QED) is 0.430. The molecule has 2 heteroatoms. The van der Waals surface area contributed by atoms with E-state index in [-0.39, 0.29) is 11.9 Å². The van der Waals surface area contributed by atoms with Gasteiger partial charge in [0.15, 0.2) is 6.29 Å². The van der Waals surface area contributed by atoms with Crippen molar-refractivity contribution in [2.24, 2.45) is 75.9 Å². The highest BCUT2D eigenvalue weighted by molar-refractivity contribution is 5.17. The Morgan fingerprint density at radius 1 is 0.625 bits per heavy atom. The van der Waals surface area contributed by atoms with Gasteiger partial charge in [-0.3, -0.25) is 0 Å². The summed E-state index contributed by atoms with van der Waals surface area (Å²) < 4.78 is 14.1. The topological polar surface area (TPSA) is 18.5 Å². The Hall–Kier alpha value is -0.0800. The fourth-order valence-corrected chi connectivity index (χ4v) is 11.6. The first-order valence-electron chi connectivity index (χ1n) is 14.5. The lowest BCUT2D eigenvalue weighted by atomic mass is 9.73. The van der Waals surface area contributed by atoms with Crippen LogP contribution in [0.2, 0.25) is 0 Å². The molecule has 6 aliphatic carbocycles. The Kier molecular flexibility index (Phi) is 4.36. The molecule has 0 unspecified atom stereocenters. The monoisotopic (exact) mass is 440 g/mol. The molecule has 0 aromatic rings. The number of rotatable bonds is 1. The maximum Gasteiger partial charge on any atom is 0.161 e. The van der Waals surface area contributed by atoms with Crippen molar-refractivity contribution >= 4 is 0 Å². The standard InChI is InChI=1S/C30H48O2/c1-16-7-9-18-19(10-12-21-25(23(16)18)28(21,3)4)27-31-15-30(32-27)14-13-22-26(29(22,5)6)24-17(2)8-11-20(24)30/h16-27H,7-15H2,1-6H3/t16-,17-,18-,19+,20+,21-,22-,23-,24-,25-,26-,27-,30-/m1/s1. The lowest BCUT2D eigenvalue weighted by Crippen LogP contribution is -2.44. The fourth-order valence-electron chi connectivity index (χ4n) is 11.6. The molecule has 7 rings (SSSR count). The molecular weight excluding hydrogens is 392 g/mol. The average Bonchev–Trinajstić information content (AvgIpc) is 3.14. The molecule has 0 amide bonds.